The van der Waals surface area contributed by atoms with Crippen LogP contribution >= 0.6 is 11.3 Å². The normalized spacial score (nSPS) is 16.9. The van der Waals surface area contributed by atoms with E-state index in [4.69, 9.17) is 16.2 Å². The van der Waals surface area contributed by atoms with E-state index in [0.717, 1.165) is 23.3 Å². The van der Waals surface area contributed by atoms with Crippen LogP contribution < -0.4 is 16.8 Å². The molecule has 2 aromatic rings. The minimum Gasteiger partial charge on any atom is -0.457 e. The van der Waals surface area contributed by atoms with Crippen molar-refractivity contribution in [3.63, 3.8) is 0 Å². The smallest absolute Gasteiger partial charge is 0.341 e. The van der Waals surface area contributed by atoms with E-state index in [9.17, 15) is 14.4 Å². The van der Waals surface area contributed by atoms with Gasteiger partial charge in [-0.1, -0.05) is 0 Å². The molecule has 10 heteroatoms. The van der Waals surface area contributed by atoms with Gasteiger partial charge in [0.25, 0.3) is 0 Å². The molecule has 9 nitrogen and oxygen atoms in total. The molecule has 1 unspecified atom stereocenters. The Hall–Kier alpha value is -3.14. The number of pyridine rings is 1. The molecule has 3 heterocycles. The molecular weight excluding hydrogens is 382 g/mol. The van der Waals surface area contributed by atoms with Gasteiger partial charge in [0.1, 0.15) is 11.1 Å². The molecule has 1 fully saturated rings. The number of primary amides is 2. The molecule has 1 aliphatic rings. The number of anilines is 1. The van der Waals surface area contributed by atoms with Crippen molar-refractivity contribution >= 4 is 34.4 Å². The Morgan fingerprint density at radius 1 is 1.21 bits per heavy atom. The molecule has 0 aromatic carbocycles. The molecule has 0 aliphatic carbocycles. The van der Waals surface area contributed by atoms with Crippen LogP contribution in [0.2, 0.25) is 0 Å². The second-order valence-electron chi connectivity index (χ2n) is 6.39. The zero-order valence-electron chi connectivity index (χ0n) is 15.1. The van der Waals surface area contributed by atoms with Crippen molar-refractivity contribution < 1.29 is 19.1 Å². The van der Waals surface area contributed by atoms with Crippen LogP contribution in [0.3, 0.4) is 0 Å². The van der Waals surface area contributed by atoms with E-state index < -0.39 is 24.1 Å². The van der Waals surface area contributed by atoms with Gasteiger partial charge in [-0.2, -0.15) is 0 Å². The molecule has 5 N–H and O–H groups in total. The summed E-state index contributed by atoms with van der Waals surface area (Å²) in [6, 6.07) is 3.94. The lowest BCUT2D eigenvalue weighted by Crippen LogP contribution is -2.41. The van der Waals surface area contributed by atoms with Crippen molar-refractivity contribution in [3.05, 3.63) is 36.2 Å². The zero-order chi connectivity index (χ0) is 20.1. The van der Waals surface area contributed by atoms with Gasteiger partial charge in [-0.15, -0.1) is 11.3 Å². The van der Waals surface area contributed by atoms with Crippen molar-refractivity contribution in [1.82, 2.24) is 9.88 Å². The van der Waals surface area contributed by atoms with E-state index in [-0.39, 0.29) is 12.1 Å². The van der Waals surface area contributed by atoms with Crippen molar-refractivity contribution in [2.75, 3.05) is 18.4 Å². The second kappa shape index (κ2) is 8.70. The average Bonchev–Trinajstić information content (AvgIpc) is 2.92. The molecule has 0 radical (unpaired) electrons. The highest BCUT2D eigenvalue weighted by Gasteiger charge is 2.26. The number of carbonyl (C=O) groups excluding carboxylic acids is 3. The number of hydrogen-bond acceptors (Lipinski definition) is 6. The predicted molar refractivity (Wildman–Crippen MR) is 105 cm³/mol. The number of thiophene rings is 1. The van der Waals surface area contributed by atoms with Gasteiger partial charge < -0.3 is 21.1 Å². The van der Waals surface area contributed by atoms with Gasteiger partial charge in [-0.3, -0.25) is 10.3 Å². The molecule has 3 rings (SSSR count). The summed E-state index contributed by atoms with van der Waals surface area (Å²) in [6.07, 6.45) is 5.07. The average molecular weight is 403 g/mol. The zero-order valence-corrected chi connectivity index (χ0v) is 15.9. The first-order valence-electron chi connectivity index (χ1n) is 8.80. The molecular formula is C18H21N5O4S. The summed E-state index contributed by atoms with van der Waals surface area (Å²) in [5, 5.41) is 2.79. The summed E-state index contributed by atoms with van der Waals surface area (Å²) in [7, 11) is 0. The largest absolute Gasteiger partial charge is 0.457 e. The van der Waals surface area contributed by atoms with Crippen LogP contribution in [0.5, 0.6) is 0 Å². The lowest BCUT2D eigenvalue weighted by molar-refractivity contribution is 0.0242. The Balaban J connectivity index is 1.82. The SMILES string of the molecule is NC(=O)Nc1sc(-c2ccncc2)cc1C(=O)OC1CCCCN(C(N)=O)C1. The van der Waals surface area contributed by atoms with E-state index >= 15 is 0 Å². The van der Waals surface area contributed by atoms with Gasteiger partial charge in [-0.25, -0.2) is 14.4 Å². The maximum Gasteiger partial charge on any atom is 0.341 e. The molecule has 0 spiro atoms. The first-order chi connectivity index (χ1) is 13.4. The van der Waals surface area contributed by atoms with Crippen LogP contribution in [0.4, 0.5) is 14.6 Å². The first-order valence-corrected chi connectivity index (χ1v) is 9.61. The number of amides is 4. The van der Waals surface area contributed by atoms with Crippen LogP contribution in [-0.2, 0) is 4.74 Å². The van der Waals surface area contributed by atoms with E-state index in [1.165, 1.54) is 16.2 Å². The standard InChI is InChI=1S/C18H21N5O4S/c19-17(25)22-15-13(9-14(28-15)11-4-6-21-7-5-11)16(24)27-12-3-1-2-8-23(10-12)18(20)26/h4-7,9,12H,1-3,8,10H2,(H2,20,26)(H3,19,22,25). The predicted octanol–water partition coefficient (Wildman–Crippen LogP) is 2.39. The Morgan fingerprint density at radius 3 is 2.64 bits per heavy atom. The Morgan fingerprint density at radius 2 is 1.96 bits per heavy atom. The number of nitrogens with one attached hydrogen (secondary N) is 1. The number of likely N-dealkylation sites (tertiary alicyclic amines) is 1. The highest BCUT2D eigenvalue weighted by Crippen LogP contribution is 2.36. The molecule has 28 heavy (non-hydrogen) atoms. The van der Waals surface area contributed by atoms with Crippen LogP contribution in [0, 0.1) is 0 Å². The highest BCUT2D eigenvalue weighted by atomic mass is 32.1. The summed E-state index contributed by atoms with van der Waals surface area (Å²) in [5.41, 5.74) is 11.7. The fourth-order valence-electron chi connectivity index (χ4n) is 3.02. The summed E-state index contributed by atoms with van der Waals surface area (Å²) >= 11 is 1.22. The third kappa shape index (κ3) is 4.77. The van der Waals surface area contributed by atoms with Crippen LogP contribution in [0.1, 0.15) is 29.6 Å². The minimum absolute atomic E-state index is 0.213. The van der Waals surface area contributed by atoms with Gasteiger partial charge in [0, 0.05) is 23.8 Å². The monoisotopic (exact) mass is 403 g/mol. The van der Waals surface area contributed by atoms with Gasteiger partial charge in [0.15, 0.2) is 0 Å². The number of urea groups is 2. The fraction of sp³-hybridized carbons (Fsp3) is 0.333. The lowest BCUT2D eigenvalue weighted by Gasteiger charge is -2.22. The summed E-state index contributed by atoms with van der Waals surface area (Å²) in [4.78, 5) is 41.8. The number of nitrogens with two attached hydrogens (primary N) is 2. The lowest BCUT2D eigenvalue weighted by atomic mass is 10.1. The third-order valence-electron chi connectivity index (χ3n) is 4.37. The van der Waals surface area contributed by atoms with Gasteiger partial charge in [0.2, 0.25) is 0 Å². The molecule has 2 aromatic heterocycles. The number of hydrogen-bond donors (Lipinski definition) is 3. The number of carbonyl (C=O) groups is 3. The van der Waals surface area contributed by atoms with Crippen molar-refractivity contribution in [3.8, 4) is 10.4 Å². The Kier molecular flexibility index (Phi) is 6.09. The molecule has 1 aliphatic heterocycles. The van der Waals surface area contributed by atoms with Crippen molar-refractivity contribution in [2.24, 2.45) is 11.5 Å². The van der Waals surface area contributed by atoms with Gasteiger partial charge >= 0.3 is 18.0 Å². The van der Waals surface area contributed by atoms with E-state index in [1.54, 1.807) is 30.6 Å². The molecule has 0 saturated carbocycles. The number of nitrogens with zero attached hydrogens (tertiary/aromatic N) is 2. The quantitative estimate of drug-likeness (QED) is 0.672. The fourth-order valence-corrected chi connectivity index (χ4v) is 4.07. The number of rotatable bonds is 4. The first kappa shape index (κ1) is 19.6. The molecule has 0 bridgehead atoms. The third-order valence-corrected chi connectivity index (χ3v) is 5.47. The summed E-state index contributed by atoms with van der Waals surface area (Å²) in [6.45, 7) is 0.795. The number of ether oxygens (including phenoxy) is 1. The van der Waals surface area contributed by atoms with Crippen molar-refractivity contribution in [1.29, 1.82) is 0 Å². The van der Waals surface area contributed by atoms with Gasteiger partial charge in [-0.05, 0) is 43.0 Å². The molecule has 148 valence electrons. The van der Waals surface area contributed by atoms with E-state index in [2.05, 4.69) is 10.3 Å². The Bertz CT molecular complexity index is 870. The molecule has 4 amide bonds. The topological polar surface area (TPSA) is 141 Å². The number of esters is 1. The molecule has 1 saturated heterocycles. The summed E-state index contributed by atoms with van der Waals surface area (Å²) < 4.78 is 5.62. The van der Waals surface area contributed by atoms with E-state index in [1.807, 2.05) is 0 Å². The second-order valence-corrected chi connectivity index (χ2v) is 7.44. The minimum atomic E-state index is -0.772. The van der Waals surface area contributed by atoms with Crippen LogP contribution in [-0.4, -0.2) is 47.1 Å². The van der Waals surface area contributed by atoms with Crippen molar-refractivity contribution in [2.45, 2.75) is 25.4 Å². The maximum atomic E-state index is 12.8. The van der Waals surface area contributed by atoms with E-state index in [0.29, 0.717) is 18.0 Å². The number of aromatic nitrogens is 1. The van der Waals surface area contributed by atoms with Crippen LogP contribution in [0.15, 0.2) is 30.6 Å². The van der Waals surface area contributed by atoms with Crippen LogP contribution in [0.25, 0.3) is 10.4 Å². The highest BCUT2D eigenvalue weighted by molar-refractivity contribution is 7.20. The maximum absolute atomic E-state index is 12.8. The summed E-state index contributed by atoms with van der Waals surface area (Å²) in [5.74, 6) is -0.586. The Labute approximate surface area is 165 Å². The molecule has 1 atom stereocenters. The van der Waals surface area contributed by atoms with Gasteiger partial charge in [0.05, 0.1) is 12.1 Å².